The lowest BCUT2D eigenvalue weighted by atomic mass is 9.88. The van der Waals surface area contributed by atoms with Crippen LogP contribution in [0.2, 0.25) is 0 Å². The monoisotopic (exact) mass is 704 g/mol. The average Bonchev–Trinajstić information content (AvgIpc) is 3.56. The summed E-state index contributed by atoms with van der Waals surface area (Å²) in [7, 11) is 0. The fraction of sp³-hybridized carbons (Fsp3) is 0.622. The molecule has 0 bridgehead atoms. The molecule has 0 radical (unpaired) electrons. The van der Waals surface area contributed by atoms with Crippen molar-refractivity contribution in [3.05, 3.63) is 34.6 Å². The van der Waals surface area contributed by atoms with Crippen LogP contribution in [0.5, 0.6) is 0 Å². The number of carboxylic acids is 2. The summed E-state index contributed by atoms with van der Waals surface area (Å²) in [5, 5.41) is 31.1. The molecule has 51 heavy (non-hydrogen) atoms. The van der Waals surface area contributed by atoms with Crippen molar-refractivity contribution in [2.24, 2.45) is 11.8 Å². The molecule has 0 aliphatic carbocycles. The van der Waals surface area contributed by atoms with Crippen molar-refractivity contribution in [3.63, 3.8) is 0 Å². The Hall–Kier alpha value is -4.30. The van der Waals surface area contributed by atoms with Gasteiger partial charge in [0.1, 0.15) is 11.6 Å². The lowest BCUT2D eigenvalue weighted by Gasteiger charge is -2.36. The van der Waals surface area contributed by atoms with E-state index in [1.54, 1.807) is 4.90 Å². The molecule has 4 aliphatic rings. The number of hydrogen-bond donors (Lipinski definition) is 6. The van der Waals surface area contributed by atoms with Gasteiger partial charge in [0.25, 0.3) is 0 Å². The number of aromatic nitrogens is 2. The smallest absolute Gasteiger partial charge is 0.317 e. The molecule has 1 atom stereocenters. The third-order valence-electron chi connectivity index (χ3n) is 10.4. The maximum Gasteiger partial charge on any atom is 0.317 e. The highest BCUT2D eigenvalue weighted by Crippen LogP contribution is 2.38. The van der Waals surface area contributed by atoms with Crippen molar-refractivity contribution in [3.8, 4) is 11.1 Å². The minimum absolute atomic E-state index is 0.00162. The standard InChI is InChI=1S/C37H52N8O6/c46-32(47)22-44-16-11-24(19-44)36(50)40-12-3-1-7-26-17-30(28-9-5-14-38-34(28)42-26)31-18-27(43-35-29(31)10-6-15-39-35)8-2-4-13-41-37(51)25-20-45(21-25)23-33(48)49/h17-18,24-25H,1-16,19-23H2,(H,38,42)(H,39,43)(H,40,50)(H,41,51)(H,46,47)(H,48,49)/t24-/m0/s1. The SMILES string of the molecule is O=C(O)CN1CC(C(=O)NCCCCc2cc(-c3cc(CCCCNC(=O)[C@H]4CCN(CC(=O)O)C4)nc4c3CCCN4)c3c(n2)NCCC3)C1. The normalized spacial score (nSPS) is 18.9. The zero-order valence-corrected chi connectivity index (χ0v) is 29.5. The Morgan fingerprint density at radius 3 is 1.73 bits per heavy atom. The zero-order valence-electron chi connectivity index (χ0n) is 29.5. The number of amides is 2. The molecule has 0 unspecified atom stereocenters. The number of unbranched alkanes of at least 4 members (excludes halogenated alkanes) is 2. The van der Waals surface area contributed by atoms with E-state index in [2.05, 4.69) is 33.4 Å². The summed E-state index contributed by atoms with van der Waals surface area (Å²) in [6.07, 6.45) is 9.79. The fourth-order valence-electron chi connectivity index (χ4n) is 7.74. The van der Waals surface area contributed by atoms with E-state index < -0.39 is 11.9 Å². The number of pyridine rings is 2. The fourth-order valence-corrected chi connectivity index (χ4v) is 7.74. The Morgan fingerprint density at radius 1 is 0.706 bits per heavy atom. The zero-order chi connectivity index (χ0) is 35.7. The second-order valence-electron chi connectivity index (χ2n) is 14.4. The van der Waals surface area contributed by atoms with Crippen LogP contribution in [0.15, 0.2) is 12.1 Å². The molecule has 2 fully saturated rings. The number of carbonyl (C=O) groups is 4. The first-order valence-electron chi connectivity index (χ1n) is 18.7. The van der Waals surface area contributed by atoms with Gasteiger partial charge < -0.3 is 31.5 Å². The lowest BCUT2D eigenvalue weighted by molar-refractivity contribution is -0.143. The molecule has 6 heterocycles. The van der Waals surface area contributed by atoms with Crippen molar-refractivity contribution in [1.82, 2.24) is 30.4 Å². The van der Waals surface area contributed by atoms with Gasteiger partial charge >= 0.3 is 11.9 Å². The predicted octanol–water partition coefficient (Wildman–Crippen LogP) is 2.16. The quantitative estimate of drug-likeness (QED) is 0.132. The van der Waals surface area contributed by atoms with Gasteiger partial charge in [-0.25, -0.2) is 9.97 Å². The van der Waals surface area contributed by atoms with Crippen LogP contribution in [-0.2, 0) is 44.9 Å². The van der Waals surface area contributed by atoms with E-state index in [1.807, 2.05) is 4.90 Å². The summed E-state index contributed by atoms with van der Waals surface area (Å²) in [5.41, 5.74) is 7.06. The van der Waals surface area contributed by atoms with Crippen LogP contribution in [0.1, 0.15) is 67.5 Å². The van der Waals surface area contributed by atoms with Gasteiger partial charge in [-0.1, -0.05) is 0 Å². The molecule has 2 saturated heterocycles. The summed E-state index contributed by atoms with van der Waals surface area (Å²) in [5.74, 6) is -0.0537. The Labute approximate surface area is 299 Å². The Bertz CT molecular complexity index is 1600. The van der Waals surface area contributed by atoms with Crippen LogP contribution in [0.4, 0.5) is 11.6 Å². The molecule has 0 aromatic carbocycles. The number of hydrogen-bond acceptors (Lipinski definition) is 10. The summed E-state index contributed by atoms with van der Waals surface area (Å²) < 4.78 is 0. The van der Waals surface area contributed by atoms with Gasteiger partial charge in [0, 0.05) is 68.3 Å². The van der Waals surface area contributed by atoms with Crippen molar-refractivity contribution < 1.29 is 29.4 Å². The minimum atomic E-state index is -0.867. The summed E-state index contributed by atoms with van der Waals surface area (Å²) in [4.78, 5) is 60.6. The van der Waals surface area contributed by atoms with Crippen molar-refractivity contribution in [2.75, 3.05) is 76.1 Å². The van der Waals surface area contributed by atoms with Gasteiger partial charge in [-0.3, -0.25) is 29.0 Å². The van der Waals surface area contributed by atoms with E-state index >= 15 is 0 Å². The first kappa shape index (κ1) is 36.5. The lowest BCUT2D eigenvalue weighted by Crippen LogP contribution is -2.54. The van der Waals surface area contributed by atoms with Crippen LogP contribution < -0.4 is 21.3 Å². The van der Waals surface area contributed by atoms with Crippen LogP contribution in [0, 0.1) is 11.8 Å². The van der Waals surface area contributed by atoms with E-state index in [4.69, 9.17) is 20.2 Å². The maximum absolute atomic E-state index is 12.7. The van der Waals surface area contributed by atoms with E-state index in [9.17, 15) is 19.2 Å². The van der Waals surface area contributed by atoms with Crippen LogP contribution in [0.3, 0.4) is 0 Å². The highest BCUT2D eigenvalue weighted by Gasteiger charge is 2.33. The number of carbonyl (C=O) groups excluding carboxylic acids is 2. The molecule has 6 rings (SSSR count). The number of fused-ring (bicyclic) bond motifs is 2. The number of likely N-dealkylation sites (tertiary alicyclic amines) is 2. The highest BCUT2D eigenvalue weighted by molar-refractivity contribution is 5.81. The Kier molecular flexibility index (Phi) is 12.4. The van der Waals surface area contributed by atoms with Gasteiger partial charge in [0.05, 0.1) is 24.9 Å². The number of carboxylic acid groups (broad SMARTS) is 2. The molecular weight excluding hydrogens is 652 g/mol. The van der Waals surface area contributed by atoms with E-state index in [0.29, 0.717) is 45.7 Å². The third-order valence-corrected chi connectivity index (χ3v) is 10.4. The first-order valence-corrected chi connectivity index (χ1v) is 18.7. The molecule has 14 heteroatoms. The Balaban J connectivity index is 1.05. The number of aryl methyl sites for hydroxylation is 2. The van der Waals surface area contributed by atoms with Gasteiger partial charge in [-0.2, -0.15) is 0 Å². The predicted molar refractivity (Wildman–Crippen MR) is 193 cm³/mol. The molecule has 0 saturated carbocycles. The van der Waals surface area contributed by atoms with Gasteiger partial charge in [0.2, 0.25) is 11.8 Å². The second kappa shape index (κ2) is 17.3. The average molecular weight is 705 g/mol. The summed E-state index contributed by atoms with van der Waals surface area (Å²) in [6.45, 7) is 5.09. The van der Waals surface area contributed by atoms with Gasteiger partial charge in [-0.15, -0.1) is 0 Å². The molecular formula is C37H52N8O6. The third kappa shape index (κ3) is 9.73. The molecule has 14 nitrogen and oxygen atoms in total. The molecule has 2 aromatic heterocycles. The van der Waals surface area contributed by atoms with E-state index in [-0.39, 0.29) is 36.7 Å². The Morgan fingerprint density at radius 2 is 1.20 bits per heavy atom. The number of aliphatic carboxylic acids is 2. The van der Waals surface area contributed by atoms with Crippen LogP contribution in [0.25, 0.3) is 11.1 Å². The molecule has 2 aromatic rings. The molecule has 6 N–H and O–H groups in total. The molecule has 2 amide bonds. The van der Waals surface area contributed by atoms with Crippen LogP contribution in [-0.4, -0.2) is 119 Å². The minimum Gasteiger partial charge on any atom is -0.480 e. The number of nitrogens with zero attached hydrogens (tertiary/aromatic N) is 4. The molecule has 4 aliphatic heterocycles. The first-order chi connectivity index (χ1) is 24.7. The van der Waals surface area contributed by atoms with Gasteiger partial charge in [-0.05, 0) is 100 Å². The van der Waals surface area contributed by atoms with E-state index in [0.717, 1.165) is 100 Å². The van der Waals surface area contributed by atoms with Crippen LogP contribution >= 0.6 is 0 Å². The van der Waals surface area contributed by atoms with Crippen molar-refractivity contribution >= 4 is 35.4 Å². The number of nitrogens with one attached hydrogen (secondary N) is 4. The maximum atomic E-state index is 12.7. The topological polar surface area (TPSA) is 189 Å². The molecule has 276 valence electrons. The molecule has 0 spiro atoms. The second-order valence-corrected chi connectivity index (χ2v) is 14.4. The highest BCUT2D eigenvalue weighted by atomic mass is 16.4. The number of anilines is 2. The number of rotatable bonds is 17. The van der Waals surface area contributed by atoms with Crippen molar-refractivity contribution in [2.45, 2.75) is 70.6 Å². The summed E-state index contributed by atoms with van der Waals surface area (Å²) >= 11 is 0. The van der Waals surface area contributed by atoms with Gasteiger partial charge in [0.15, 0.2) is 0 Å². The van der Waals surface area contributed by atoms with Crippen molar-refractivity contribution in [1.29, 1.82) is 0 Å². The van der Waals surface area contributed by atoms with E-state index in [1.165, 1.54) is 22.3 Å². The largest absolute Gasteiger partial charge is 0.480 e. The summed E-state index contributed by atoms with van der Waals surface area (Å²) in [6, 6.07) is 4.53.